The van der Waals surface area contributed by atoms with Crippen LogP contribution >= 0.6 is 11.6 Å². The predicted molar refractivity (Wildman–Crippen MR) is 123 cm³/mol. The number of fused-ring (bicyclic) bond motifs is 2. The van der Waals surface area contributed by atoms with Gasteiger partial charge in [0.1, 0.15) is 5.82 Å². The zero-order valence-corrected chi connectivity index (χ0v) is 18.4. The number of nitrogens with zero attached hydrogens (tertiary/aromatic N) is 3. The number of anilines is 3. The van der Waals surface area contributed by atoms with E-state index < -0.39 is 0 Å². The van der Waals surface area contributed by atoms with Crippen LogP contribution in [0.25, 0.3) is 0 Å². The third kappa shape index (κ3) is 4.13. The Morgan fingerprint density at radius 1 is 1.03 bits per heavy atom. The number of carbonyl (C=O) groups excluding carboxylic acids is 2. The Balaban J connectivity index is 1.36. The van der Waals surface area contributed by atoms with E-state index in [9.17, 15) is 9.59 Å². The van der Waals surface area contributed by atoms with Crippen molar-refractivity contribution in [1.29, 1.82) is 0 Å². The summed E-state index contributed by atoms with van der Waals surface area (Å²) in [5, 5.41) is 3.46. The quantitative estimate of drug-likeness (QED) is 0.738. The molecule has 3 fully saturated rings. The molecule has 1 aromatic heterocycles. The average molecular weight is 439 g/mol. The van der Waals surface area contributed by atoms with Gasteiger partial charge in [0.2, 0.25) is 11.8 Å². The highest BCUT2D eigenvalue weighted by molar-refractivity contribution is 6.30. The molecule has 2 unspecified atom stereocenters. The molecular weight excluding hydrogens is 412 g/mol. The Hall–Kier alpha value is -2.60. The fraction of sp³-hybridized carbons (Fsp3) is 0.458. The fourth-order valence-electron chi connectivity index (χ4n) is 5.20. The van der Waals surface area contributed by atoms with E-state index in [-0.39, 0.29) is 23.8 Å². The van der Waals surface area contributed by atoms with Gasteiger partial charge in [-0.3, -0.25) is 9.59 Å². The van der Waals surface area contributed by atoms with Crippen molar-refractivity contribution >= 4 is 40.6 Å². The van der Waals surface area contributed by atoms with Gasteiger partial charge < -0.3 is 15.1 Å². The van der Waals surface area contributed by atoms with Crippen LogP contribution in [0, 0.1) is 5.92 Å². The molecular formula is C24H27ClN4O2. The number of nitrogens with one attached hydrogen (secondary N) is 1. The topological polar surface area (TPSA) is 65.5 Å². The summed E-state index contributed by atoms with van der Waals surface area (Å²) in [4.78, 5) is 33.6. The Morgan fingerprint density at radius 2 is 1.71 bits per heavy atom. The Morgan fingerprint density at radius 3 is 2.26 bits per heavy atom. The van der Waals surface area contributed by atoms with Crippen molar-refractivity contribution in [2.75, 3.05) is 15.1 Å². The van der Waals surface area contributed by atoms with Crippen LogP contribution in [0.3, 0.4) is 0 Å². The first kappa shape index (κ1) is 20.3. The molecule has 3 aliphatic rings. The smallest absolute Gasteiger partial charge is 0.230 e. The lowest BCUT2D eigenvalue weighted by molar-refractivity contribution is -0.120. The van der Waals surface area contributed by atoms with Crippen molar-refractivity contribution in [3.63, 3.8) is 0 Å². The first-order chi connectivity index (χ1) is 15.0. The molecule has 1 N–H and O–H groups in total. The first-order valence-corrected chi connectivity index (χ1v) is 11.5. The maximum atomic E-state index is 13.2. The number of rotatable bonds is 5. The van der Waals surface area contributed by atoms with Gasteiger partial charge in [-0.05, 0) is 74.9 Å². The van der Waals surface area contributed by atoms with Crippen LogP contribution in [0.4, 0.5) is 17.2 Å². The molecule has 2 aliphatic heterocycles. The van der Waals surface area contributed by atoms with Gasteiger partial charge in [-0.2, -0.15) is 0 Å². The van der Waals surface area contributed by atoms with E-state index in [0.29, 0.717) is 22.8 Å². The molecule has 6 nitrogen and oxygen atoms in total. The summed E-state index contributed by atoms with van der Waals surface area (Å²) in [6.07, 6.45) is 7.82. The van der Waals surface area contributed by atoms with Gasteiger partial charge >= 0.3 is 0 Å². The van der Waals surface area contributed by atoms with Gasteiger partial charge in [0.15, 0.2) is 0 Å². The molecule has 2 bridgehead atoms. The van der Waals surface area contributed by atoms with Crippen LogP contribution in [0.15, 0.2) is 42.6 Å². The van der Waals surface area contributed by atoms with Crippen LogP contribution in [0.5, 0.6) is 0 Å². The SMILES string of the molecule is CC(=O)Nc1ccc(N2C3CCC2CC(N(C(=O)C2CC2)c2ccc(Cl)cc2)C3)nc1. The number of carbonyl (C=O) groups is 2. The van der Waals surface area contributed by atoms with Crippen molar-refractivity contribution in [2.24, 2.45) is 5.92 Å². The van der Waals surface area contributed by atoms with Gasteiger partial charge in [0, 0.05) is 41.7 Å². The van der Waals surface area contributed by atoms with Crippen molar-refractivity contribution in [3.05, 3.63) is 47.6 Å². The minimum Gasteiger partial charge on any atom is -0.350 e. The van der Waals surface area contributed by atoms with Crippen LogP contribution in [-0.4, -0.2) is 34.9 Å². The lowest BCUT2D eigenvalue weighted by atomic mass is 9.94. The van der Waals surface area contributed by atoms with Gasteiger partial charge in [0.05, 0.1) is 11.9 Å². The average Bonchev–Trinajstić information content (AvgIpc) is 3.56. The second kappa shape index (κ2) is 8.15. The zero-order valence-electron chi connectivity index (χ0n) is 17.6. The molecule has 3 heterocycles. The maximum absolute atomic E-state index is 13.2. The van der Waals surface area contributed by atoms with Gasteiger partial charge in [-0.25, -0.2) is 4.98 Å². The minimum absolute atomic E-state index is 0.0990. The normalized spacial score (nSPS) is 24.7. The number of aromatic nitrogens is 1. The van der Waals surface area contributed by atoms with Crippen LogP contribution in [-0.2, 0) is 9.59 Å². The number of halogens is 1. The molecule has 0 radical (unpaired) electrons. The van der Waals surface area contributed by atoms with Crippen molar-refractivity contribution < 1.29 is 9.59 Å². The number of pyridine rings is 1. The highest BCUT2D eigenvalue weighted by Gasteiger charge is 2.46. The van der Waals surface area contributed by atoms with Crippen LogP contribution < -0.4 is 15.1 Å². The maximum Gasteiger partial charge on any atom is 0.230 e. The third-order valence-electron chi connectivity index (χ3n) is 6.67. The third-order valence-corrected chi connectivity index (χ3v) is 6.93. The number of hydrogen-bond donors (Lipinski definition) is 1. The van der Waals surface area contributed by atoms with Crippen LogP contribution in [0.2, 0.25) is 5.02 Å². The second-order valence-corrected chi connectivity index (χ2v) is 9.40. The molecule has 1 aromatic carbocycles. The van der Waals surface area contributed by atoms with Crippen molar-refractivity contribution in [3.8, 4) is 0 Å². The summed E-state index contributed by atoms with van der Waals surface area (Å²) in [5.74, 6) is 1.29. The molecule has 162 valence electrons. The first-order valence-electron chi connectivity index (χ1n) is 11.1. The summed E-state index contributed by atoms with van der Waals surface area (Å²) < 4.78 is 0. The minimum atomic E-state index is -0.0990. The van der Waals surface area contributed by atoms with E-state index in [0.717, 1.165) is 50.0 Å². The monoisotopic (exact) mass is 438 g/mol. The highest BCUT2D eigenvalue weighted by atomic mass is 35.5. The number of hydrogen-bond acceptors (Lipinski definition) is 4. The number of amides is 2. The van der Waals surface area contributed by atoms with E-state index >= 15 is 0 Å². The lowest BCUT2D eigenvalue weighted by Gasteiger charge is -2.44. The molecule has 5 rings (SSSR count). The molecule has 2 atom stereocenters. The molecule has 2 aromatic rings. The molecule has 1 aliphatic carbocycles. The Bertz CT molecular complexity index is 960. The molecule has 0 spiro atoms. The van der Waals surface area contributed by atoms with Crippen molar-refractivity contribution in [2.45, 2.75) is 63.6 Å². The van der Waals surface area contributed by atoms with Gasteiger partial charge in [0.25, 0.3) is 0 Å². The summed E-state index contributed by atoms with van der Waals surface area (Å²) in [6.45, 7) is 1.49. The van der Waals surface area contributed by atoms with E-state index in [4.69, 9.17) is 11.6 Å². The van der Waals surface area contributed by atoms with Gasteiger partial charge in [-0.15, -0.1) is 0 Å². The zero-order chi connectivity index (χ0) is 21.5. The predicted octanol–water partition coefficient (Wildman–Crippen LogP) is 4.64. The summed E-state index contributed by atoms with van der Waals surface area (Å²) in [5.41, 5.74) is 1.67. The second-order valence-electron chi connectivity index (χ2n) is 8.96. The summed E-state index contributed by atoms with van der Waals surface area (Å²) in [7, 11) is 0. The van der Waals surface area contributed by atoms with Gasteiger partial charge in [-0.1, -0.05) is 11.6 Å². The molecule has 2 saturated heterocycles. The molecule has 7 heteroatoms. The molecule has 31 heavy (non-hydrogen) atoms. The highest BCUT2D eigenvalue weighted by Crippen LogP contribution is 2.43. The Kier molecular flexibility index (Phi) is 5.34. The summed E-state index contributed by atoms with van der Waals surface area (Å²) in [6, 6.07) is 12.5. The van der Waals surface area contributed by atoms with Crippen LogP contribution in [0.1, 0.15) is 45.4 Å². The van der Waals surface area contributed by atoms with E-state index in [1.54, 1.807) is 6.20 Å². The lowest BCUT2D eigenvalue weighted by Crippen LogP contribution is -2.53. The van der Waals surface area contributed by atoms with E-state index in [2.05, 4.69) is 20.1 Å². The number of benzene rings is 1. The molecule has 2 amide bonds. The standard InChI is InChI=1S/C24H27ClN4O2/c1-15(30)27-18-6-11-23(26-14-18)28-20-9-10-21(28)13-22(12-20)29(24(31)16-2-3-16)19-7-4-17(25)5-8-19/h4-8,11,14,16,20-22H,2-3,9-10,12-13H2,1H3,(H,27,30). The van der Waals surface area contributed by atoms with E-state index in [1.807, 2.05) is 36.4 Å². The van der Waals surface area contributed by atoms with Crippen molar-refractivity contribution in [1.82, 2.24) is 4.98 Å². The molecule has 1 saturated carbocycles. The largest absolute Gasteiger partial charge is 0.350 e. The van der Waals surface area contributed by atoms with E-state index in [1.165, 1.54) is 6.92 Å². The summed E-state index contributed by atoms with van der Waals surface area (Å²) >= 11 is 6.10. The Labute approximate surface area is 187 Å². The fourth-order valence-corrected chi connectivity index (χ4v) is 5.32. The number of piperidine rings is 1.